The Bertz CT molecular complexity index is 236. The van der Waals surface area contributed by atoms with Gasteiger partial charge in [0.25, 0.3) is 0 Å². The smallest absolute Gasteiger partial charge is 0.325 e. The van der Waals surface area contributed by atoms with E-state index in [0.717, 1.165) is 11.5 Å². The summed E-state index contributed by atoms with van der Waals surface area (Å²) in [6, 6.07) is -0.662. The average molecular weight is 174 g/mol. The number of nitrogens with one attached hydrogen (secondary N) is 1. The minimum Gasteiger partial charge on any atom is -0.480 e. The highest BCUT2D eigenvalue weighted by atomic mass is 32.1. The number of carboxylic acid groups (broad SMARTS) is 1. The third-order valence-electron chi connectivity index (χ3n) is 1.01. The van der Waals surface area contributed by atoms with Gasteiger partial charge in [0.05, 0.1) is 0 Å². The standard InChI is InChI=1S/C4H6N4O2S/c1-2(3(9)10)5-4-6-7-8-11-4/h2H,1H3,(H,9,10)(H,5,6,8). The van der Waals surface area contributed by atoms with E-state index in [1.54, 1.807) is 0 Å². The number of hydrogen-bond donors (Lipinski definition) is 2. The highest BCUT2D eigenvalue weighted by molar-refractivity contribution is 7.09. The zero-order chi connectivity index (χ0) is 8.27. The van der Waals surface area contributed by atoms with E-state index in [1.165, 1.54) is 6.92 Å². The predicted octanol–water partition coefficient (Wildman–Crippen LogP) is -0.182. The lowest BCUT2D eigenvalue weighted by molar-refractivity contribution is -0.137. The normalized spacial score (nSPS) is 12.5. The molecule has 0 radical (unpaired) electrons. The van der Waals surface area contributed by atoms with Crippen molar-refractivity contribution in [2.24, 2.45) is 0 Å². The fourth-order valence-corrected chi connectivity index (χ4v) is 0.889. The van der Waals surface area contributed by atoms with E-state index in [-0.39, 0.29) is 0 Å². The largest absolute Gasteiger partial charge is 0.480 e. The van der Waals surface area contributed by atoms with E-state index in [4.69, 9.17) is 5.11 Å². The first kappa shape index (κ1) is 7.86. The van der Waals surface area contributed by atoms with Crippen LogP contribution in [-0.4, -0.2) is 31.9 Å². The molecule has 60 valence electrons. The average Bonchev–Trinajstić information content (AvgIpc) is 2.39. The molecule has 11 heavy (non-hydrogen) atoms. The van der Waals surface area contributed by atoms with Crippen LogP contribution in [0.3, 0.4) is 0 Å². The second-order valence-corrected chi connectivity index (χ2v) is 2.60. The number of nitrogens with zero attached hydrogens (tertiary/aromatic N) is 3. The van der Waals surface area contributed by atoms with Crippen LogP contribution in [-0.2, 0) is 4.79 Å². The molecule has 0 saturated heterocycles. The monoisotopic (exact) mass is 174 g/mol. The van der Waals surface area contributed by atoms with Crippen LogP contribution in [0.15, 0.2) is 0 Å². The summed E-state index contributed by atoms with van der Waals surface area (Å²) < 4.78 is 3.46. The van der Waals surface area contributed by atoms with Crippen molar-refractivity contribution in [2.45, 2.75) is 13.0 Å². The van der Waals surface area contributed by atoms with Crippen LogP contribution in [0, 0.1) is 0 Å². The molecule has 0 aliphatic heterocycles. The molecule has 0 amide bonds. The summed E-state index contributed by atoms with van der Waals surface area (Å²) in [5.41, 5.74) is 0. The summed E-state index contributed by atoms with van der Waals surface area (Å²) >= 11 is 1.02. The van der Waals surface area contributed by atoms with Gasteiger partial charge in [-0.15, -0.1) is 0 Å². The molecular weight excluding hydrogens is 168 g/mol. The lowest BCUT2D eigenvalue weighted by Gasteiger charge is -2.04. The Kier molecular flexibility index (Phi) is 2.32. The lowest BCUT2D eigenvalue weighted by atomic mass is 10.4. The number of hydrogen-bond acceptors (Lipinski definition) is 6. The molecule has 2 N–H and O–H groups in total. The third kappa shape index (κ3) is 2.11. The van der Waals surface area contributed by atoms with E-state index in [0.29, 0.717) is 5.13 Å². The molecule has 1 aromatic rings. The number of carboxylic acids is 1. The van der Waals surface area contributed by atoms with Crippen LogP contribution in [0.25, 0.3) is 0 Å². The molecule has 6 nitrogen and oxygen atoms in total. The third-order valence-corrected chi connectivity index (χ3v) is 1.54. The van der Waals surface area contributed by atoms with Crippen LogP contribution in [0.1, 0.15) is 6.92 Å². The van der Waals surface area contributed by atoms with Crippen LogP contribution in [0.4, 0.5) is 5.13 Å². The van der Waals surface area contributed by atoms with Gasteiger partial charge < -0.3 is 10.4 Å². The minimum absolute atomic E-state index is 0.417. The minimum atomic E-state index is -0.930. The molecule has 1 atom stereocenters. The van der Waals surface area contributed by atoms with Gasteiger partial charge in [-0.3, -0.25) is 4.79 Å². The van der Waals surface area contributed by atoms with E-state index in [9.17, 15) is 4.79 Å². The molecule has 0 fully saturated rings. The van der Waals surface area contributed by atoms with Crippen LogP contribution >= 0.6 is 11.5 Å². The fraction of sp³-hybridized carbons (Fsp3) is 0.500. The van der Waals surface area contributed by atoms with Crippen molar-refractivity contribution in [3.05, 3.63) is 0 Å². The van der Waals surface area contributed by atoms with E-state index >= 15 is 0 Å². The van der Waals surface area contributed by atoms with Crippen LogP contribution < -0.4 is 5.32 Å². The summed E-state index contributed by atoms with van der Waals surface area (Å²) in [5.74, 6) is -0.930. The Balaban J connectivity index is 2.50. The van der Waals surface area contributed by atoms with Crippen LogP contribution in [0.2, 0.25) is 0 Å². The van der Waals surface area contributed by atoms with Crippen molar-refractivity contribution in [2.75, 3.05) is 5.32 Å². The first-order valence-electron chi connectivity index (χ1n) is 2.84. The molecule has 0 aliphatic carbocycles. The number of aromatic nitrogens is 3. The zero-order valence-corrected chi connectivity index (χ0v) is 6.50. The first-order valence-corrected chi connectivity index (χ1v) is 3.62. The summed E-state index contributed by atoms with van der Waals surface area (Å²) in [6.45, 7) is 1.52. The molecule has 1 aromatic heterocycles. The van der Waals surface area contributed by atoms with E-state index < -0.39 is 12.0 Å². The first-order chi connectivity index (χ1) is 5.20. The van der Waals surface area contributed by atoms with E-state index in [1.807, 2.05) is 0 Å². The van der Waals surface area contributed by atoms with Gasteiger partial charge in [0.15, 0.2) is 0 Å². The fourth-order valence-electron chi connectivity index (χ4n) is 0.436. The van der Waals surface area contributed by atoms with Gasteiger partial charge in [-0.2, -0.15) is 0 Å². The Labute approximate surface area is 66.4 Å². The van der Waals surface area contributed by atoms with Crippen molar-refractivity contribution in [1.82, 2.24) is 14.8 Å². The maximum Gasteiger partial charge on any atom is 0.325 e. The second kappa shape index (κ2) is 3.24. The number of anilines is 1. The maximum atomic E-state index is 10.3. The van der Waals surface area contributed by atoms with Gasteiger partial charge in [0, 0.05) is 11.5 Å². The van der Waals surface area contributed by atoms with Gasteiger partial charge in [-0.05, 0) is 12.1 Å². The number of carbonyl (C=O) groups is 1. The second-order valence-electron chi connectivity index (χ2n) is 1.87. The highest BCUT2D eigenvalue weighted by Crippen LogP contribution is 2.06. The summed E-state index contributed by atoms with van der Waals surface area (Å²) in [6.07, 6.45) is 0. The Hall–Kier alpha value is -1.24. The van der Waals surface area contributed by atoms with Gasteiger partial charge in [-0.1, -0.05) is 9.59 Å². The van der Waals surface area contributed by atoms with Crippen molar-refractivity contribution >= 4 is 22.6 Å². The summed E-state index contributed by atoms with van der Waals surface area (Å²) in [7, 11) is 0. The van der Waals surface area contributed by atoms with Crippen molar-refractivity contribution < 1.29 is 9.90 Å². The molecule has 1 rings (SSSR count). The van der Waals surface area contributed by atoms with Gasteiger partial charge in [0.2, 0.25) is 5.13 Å². The van der Waals surface area contributed by atoms with Crippen molar-refractivity contribution in [1.29, 1.82) is 0 Å². The molecule has 0 saturated carbocycles. The van der Waals surface area contributed by atoms with Gasteiger partial charge >= 0.3 is 5.97 Å². The molecule has 0 bridgehead atoms. The molecule has 0 aromatic carbocycles. The quantitative estimate of drug-likeness (QED) is 0.660. The summed E-state index contributed by atoms with van der Waals surface area (Å²) in [5, 5.41) is 18.3. The SMILES string of the molecule is CC(Nc1nnns1)C(=O)O. The predicted molar refractivity (Wildman–Crippen MR) is 38.4 cm³/mol. The zero-order valence-electron chi connectivity index (χ0n) is 5.68. The van der Waals surface area contributed by atoms with Crippen molar-refractivity contribution in [3.63, 3.8) is 0 Å². The number of aliphatic carboxylic acids is 1. The topological polar surface area (TPSA) is 88.0 Å². The maximum absolute atomic E-state index is 10.3. The van der Waals surface area contributed by atoms with Crippen molar-refractivity contribution in [3.8, 4) is 0 Å². The van der Waals surface area contributed by atoms with Crippen LogP contribution in [0.5, 0.6) is 0 Å². The molecule has 7 heteroatoms. The van der Waals surface area contributed by atoms with Gasteiger partial charge in [0.1, 0.15) is 6.04 Å². The number of rotatable bonds is 3. The Morgan fingerprint density at radius 3 is 3.00 bits per heavy atom. The highest BCUT2D eigenvalue weighted by Gasteiger charge is 2.11. The molecule has 1 unspecified atom stereocenters. The van der Waals surface area contributed by atoms with E-state index in [2.05, 4.69) is 20.1 Å². The molecule has 0 spiro atoms. The Morgan fingerprint density at radius 1 is 1.82 bits per heavy atom. The molecular formula is C4H6N4O2S. The summed E-state index contributed by atoms with van der Waals surface area (Å²) in [4.78, 5) is 10.3. The Morgan fingerprint density at radius 2 is 2.55 bits per heavy atom. The molecule has 0 aliphatic rings. The lowest BCUT2D eigenvalue weighted by Crippen LogP contribution is -2.25. The van der Waals surface area contributed by atoms with Gasteiger partial charge in [-0.25, -0.2) is 0 Å². The molecule has 1 heterocycles.